The van der Waals surface area contributed by atoms with Crippen LogP contribution in [-0.2, 0) is 6.42 Å². The first-order valence-corrected chi connectivity index (χ1v) is 5.99. The molecule has 2 rings (SSSR count). The number of pyridine rings is 1. The highest BCUT2D eigenvalue weighted by molar-refractivity contribution is 6.30. The molecular weight excluding hydrogens is 248 g/mol. The highest BCUT2D eigenvalue weighted by Gasteiger charge is 2.11. The van der Waals surface area contributed by atoms with Crippen LogP contribution in [0.1, 0.15) is 24.5 Å². The number of hydrogen-bond donors (Lipinski definition) is 0. The number of hydrogen-bond acceptors (Lipinski definition) is 4. The summed E-state index contributed by atoms with van der Waals surface area (Å²) < 4.78 is 0. The number of rotatable bonds is 3. The summed E-state index contributed by atoms with van der Waals surface area (Å²) in [5.74, 6) is 0. The highest BCUT2D eigenvalue weighted by atomic mass is 35.5. The summed E-state index contributed by atoms with van der Waals surface area (Å²) in [5, 5.41) is 9.35. The lowest BCUT2D eigenvalue weighted by Gasteiger charge is -2.08. The Labute approximate surface area is 110 Å². The van der Waals surface area contributed by atoms with Crippen molar-refractivity contribution < 1.29 is 0 Å². The Bertz CT molecular complexity index is 604. The lowest BCUT2D eigenvalue weighted by molar-refractivity contribution is 0.904. The quantitative estimate of drug-likeness (QED) is 0.794. The van der Waals surface area contributed by atoms with Gasteiger partial charge in [0.2, 0.25) is 0 Å². The van der Waals surface area contributed by atoms with Gasteiger partial charge in [-0.2, -0.15) is 5.26 Å². The van der Waals surface area contributed by atoms with Crippen molar-refractivity contribution in [3.05, 3.63) is 41.1 Å². The van der Waals surface area contributed by atoms with Crippen molar-refractivity contribution in [2.75, 3.05) is 0 Å². The normalized spacial score (nSPS) is 10.1. The summed E-state index contributed by atoms with van der Waals surface area (Å²) in [6.07, 6.45) is 6.37. The molecule has 18 heavy (non-hydrogen) atoms. The van der Waals surface area contributed by atoms with Crippen molar-refractivity contribution in [1.29, 1.82) is 5.26 Å². The van der Waals surface area contributed by atoms with Gasteiger partial charge in [0.15, 0.2) is 0 Å². The Morgan fingerprint density at radius 3 is 2.89 bits per heavy atom. The lowest BCUT2D eigenvalue weighted by Crippen LogP contribution is -1.97. The molecule has 0 aliphatic rings. The SMILES string of the molecule is CCCc1c(Cl)ncnc1-c1cncc(C#N)c1. The lowest BCUT2D eigenvalue weighted by atomic mass is 10.0. The zero-order valence-electron chi connectivity index (χ0n) is 9.89. The maximum absolute atomic E-state index is 8.89. The van der Waals surface area contributed by atoms with E-state index in [-0.39, 0.29) is 0 Å². The van der Waals surface area contributed by atoms with Crippen molar-refractivity contribution in [1.82, 2.24) is 15.0 Å². The average molecular weight is 259 g/mol. The average Bonchev–Trinajstić information content (AvgIpc) is 2.41. The van der Waals surface area contributed by atoms with E-state index in [1.54, 1.807) is 12.3 Å². The minimum Gasteiger partial charge on any atom is -0.263 e. The first-order valence-electron chi connectivity index (χ1n) is 5.61. The number of halogens is 1. The predicted octanol–water partition coefficient (Wildman–Crippen LogP) is 3.02. The van der Waals surface area contributed by atoms with Crippen LogP contribution in [0.4, 0.5) is 0 Å². The van der Waals surface area contributed by atoms with E-state index < -0.39 is 0 Å². The molecule has 0 saturated heterocycles. The van der Waals surface area contributed by atoms with Crippen LogP contribution in [0.15, 0.2) is 24.8 Å². The third-order valence-electron chi connectivity index (χ3n) is 2.53. The summed E-state index contributed by atoms with van der Waals surface area (Å²) in [6, 6.07) is 3.82. The van der Waals surface area contributed by atoms with Gasteiger partial charge in [-0.1, -0.05) is 24.9 Å². The van der Waals surface area contributed by atoms with Gasteiger partial charge in [0.1, 0.15) is 17.5 Å². The first kappa shape index (κ1) is 12.5. The molecule has 0 aliphatic carbocycles. The van der Waals surface area contributed by atoms with Gasteiger partial charge in [-0.05, 0) is 12.5 Å². The zero-order valence-corrected chi connectivity index (χ0v) is 10.6. The van der Waals surface area contributed by atoms with E-state index in [1.807, 2.05) is 0 Å². The standard InChI is InChI=1S/C13H11ClN4/c1-2-3-11-12(17-8-18-13(11)14)10-4-9(5-15)6-16-7-10/h4,6-8H,2-3H2,1H3. The summed E-state index contributed by atoms with van der Waals surface area (Å²) in [6.45, 7) is 2.07. The third kappa shape index (κ3) is 2.47. The van der Waals surface area contributed by atoms with Gasteiger partial charge in [-0.3, -0.25) is 4.98 Å². The molecule has 0 fully saturated rings. The topological polar surface area (TPSA) is 62.5 Å². The van der Waals surface area contributed by atoms with Crippen LogP contribution in [0.3, 0.4) is 0 Å². The molecule has 4 nitrogen and oxygen atoms in total. The number of aromatic nitrogens is 3. The van der Waals surface area contributed by atoms with E-state index in [4.69, 9.17) is 16.9 Å². The Balaban J connectivity index is 2.56. The maximum Gasteiger partial charge on any atom is 0.136 e. The monoisotopic (exact) mass is 258 g/mol. The molecule has 0 bridgehead atoms. The Morgan fingerprint density at radius 2 is 2.17 bits per heavy atom. The summed E-state index contributed by atoms with van der Waals surface area (Å²) in [4.78, 5) is 12.3. The maximum atomic E-state index is 8.89. The van der Waals surface area contributed by atoms with Crippen LogP contribution in [-0.4, -0.2) is 15.0 Å². The van der Waals surface area contributed by atoms with Gasteiger partial charge in [0, 0.05) is 23.5 Å². The summed E-state index contributed by atoms with van der Waals surface area (Å²) in [5.41, 5.74) is 2.95. The molecule has 0 radical (unpaired) electrons. The predicted molar refractivity (Wildman–Crippen MR) is 69.0 cm³/mol. The van der Waals surface area contributed by atoms with Crippen molar-refractivity contribution >= 4 is 11.6 Å². The molecule has 2 heterocycles. The van der Waals surface area contributed by atoms with Crippen molar-refractivity contribution in [2.45, 2.75) is 19.8 Å². The molecule has 5 heteroatoms. The van der Waals surface area contributed by atoms with Crippen molar-refractivity contribution in [3.63, 3.8) is 0 Å². The van der Waals surface area contributed by atoms with Gasteiger partial charge in [0.25, 0.3) is 0 Å². The molecule has 2 aromatic rings. The van der Waals surface area contributed by atoms with Gasteiger partial charge < -0.3 is 0 Å². The molecule has 0 aliphatic heterocycles. The Kier molecular flexibility index (Phi) is 3.85. The molecule has 0 spiro atoms. The molecule has 0 amide bonds. The number of nitriles is 1. The minimum atomic E-state index is 0.462. The third-order valence-corrected chi connectivity index (χ3v) is 2.86. The minimum absolute atomic E-state index is 0.462. The smallest absolute Gasteiger partial charge is 0.136 e. The second-order valence-corrected chi connectivity index (χ2v) is 4.17. The summed E-state index contributed by atoms with van der Waals surface area (Å²) >= 11 is 6.10. The Hall–Kier alpha value is -1.99. The van der Waals surface area contributed by atoms with Crippen LogP contribution in [0.5, 0.6) is 0 Å². The van der Waals surface area contributed by atoms with Crippen LogP contribution >= 0.6 is 11.6 Å². The van der Waals surface area contributed by atoms with E-state index in [1.165, 1.54) is 12.5 Å². The van der Waals surface area contributed by atoms with Gasteiger partial charge in [-0.25, -0.2) is 9.97 Å². The largest absolute Gasteiger partial charge is 0.263 e. The first-order chi connectivity index (χ1) is 8.76. The second kappa shape index (κ2) is 5.56. The number of nitrogens with zero attached hydrogens (tertiary/aromatic N) is 4. The van der Waals surface area contributed by atoms with E-state index in [2.05, 4.69) is 27.9 Å². The van der Waals surface area contributed by atoms with Gasteiger partial charge in [-0.15, -0.1) is 0 Å². The van der Waals surface area contributed by atoms with Gasteiger partial charge >= 0.3 is 0 Å². The Morgan fingerprint density at radius 1 is 1.33 bits per heavy atom. The molecule has 0 N–H and O–H groups in total. The zero-order chi connectivity index (χ0) is 13.0. The van der Waals surface area contributed by atoms with Crippen molar-refractivity contribution in [2.24, 2.45) is 0 Å². The molecule has 0 saturated carbocycles. The fourth-order valence-corrected chi connectivity index (χ4v) is 1.97. The molecule has 0 atom stereocenters. The molecule has 0 unspecified atom stereocenters. The van der Waals surface area contributed by atoms with E-state index >= 15 is 0 Å². The fraction of sp³-hybridized carbons (Fsp3) is 0.231. The van der Waals surface area contributed by atoms with E-state index in [0.717, 1.165) is 29.7 Å². The summed E-state index contributed by atoms with van der Waals surface area (Å²) in [7, 11) is 0. The second-order valence-electron chi connectivity index (χ2n) is 3.82. The fourth-order valence-electron chi connectivity index (χ4n) is 1.74. The molecule has 90 valence electrons. The van der Waals surface area contributed by atoms with Crippen molar-refractivity contribution in [3.8, 4) is 17.3 Å². The van der Waals surface area contributed by atoms with E-state index in [0.29, 0.717) is 10.7 Å². The van der Waals surface area contributed by atoms with Gasteiger partial charge in [0.05, 0.1) is 11.3 Å². The van der Waals surface area contributed by atoms with E-state index in [9.17, 15) is 0 Å². The van der Waals surface area contributed by atoms with Crippen LogP contribution in [0.25, 0.3) is 11.3 Å². The molecule has 0 aromatic carbocycles. The van der Waals surface area contributed by atoms with Crippen LogP contribution < -0.4 is 0 Å². The molecule has 2 aromatic heterocycles. The van der Waals surface area contributed by atoms with Crippen LogP contribution in [0, 0.1) is 11.3 Å². The molecular formula is C13H11ClN4. The van der Waals surface area contributed by atoms with Crippen LogP contribution in [0.2, 0.25) is 5.15 Å². The highest BCUT2D eigenvalue weighted by Crippen LogP contribution is 2.26.